The van der Waals surface area contributed by atoms with Crippen LogP contribution in [0.5, 0.6) is 0 Å². The van der Waals surface area contributed by atoms with Crippen molar-refractivity contribution in [1.29, 1.82) is 0 Å². The van der Waals surface area contributed by atoms with E-state index in [0.717, 1.165) is 38.2 Å². The largest absolute Gasteiger partial charge is 0.385 e. The first-order valence-corrected chi connectivity index (χ1v) is 12.1. The van der Waals surface area contributed by atoms with Crippen LogP contribution >= 0.6 is 0 Å². The highest BCUT2D eigenvalue weighted by Crippen LogP contribution is 2.40. The average molecular weight is 413 g/mol. The number of nitrogens with zero attached hydrogens (tertiary/aromatic N) is 1. The van der Waals surface area contributed by atoms with Gasteiger partial charge >= 0.3 is 0 Å². The van der Waals surface area contributed by atoms with Gasteiger partial charge in [0.1, 0.15) is 0 Å². The predicted molar refractivity (Wildman–Crippen MR) is 128 cm³/mol. The quantitative estimate of drug-likeness (QED) is 0.614. The van der Waals surface area contributed by atoms with Crippen molar-refractivity contribution in [3.05, 3.63) is 11.6 Å². The lowest BCUT2D eigenvalue weighted by Gasteiger charge is -2.35. The molecule has 1 spiro atoms. The Kier molecular flexibility index (Phi) is 15.2. The zero-order valence-electron chi connectivity index (χ0n) is 21.3. The maximum atomic E-state index is 5.55. The van der Waals surface area contributed by atoms with Gasteiger partial charge in [-0.15, -0.1) is 0 Å². The van der Waals surface area contributed by atoms with Gasteiger partial charge in [-0.1, -0.05) is 61.5 Å². The number of hydrogen-bond donors (Lipinski definition) is 1. The van der Waals surface area contributed by atoms with Crippen molar-refractivity contribution in [2.75, 3.05) is 47.1 Å². The van der Waals surface area contributed by atoms with Crippen molar-refractivity contribution in [2.24, 2.45) is 17.8 Å². The number of rotatable bonds is 5. The highest BCUT2D eigenvalue weighted by Gasteiger charge is 2.45. The first-order valence-electron chi connectivity index (χ1n) is 12.1. The normalized spacial score (nSPS) is 28.5. The number of methoxy groups -OCH3 is 1. The number of likely N-dealkylation sites (N-methyl/N-ethyl adjacent to an activating group) is 1. The molecule has 0 aromatic heterocycles. The molecule has 4 nitrogen and oxygen atoms in total. The first-order chi connectivity index (χ1) is 13.9. The van der Waals surface area contributed by atoms with E-state index in [1.165, 1.54) is 25.8 Å². The lowest BCUT2D eigenvalue weighted by atomic mass is 9.83. The third kappa shape index (κ3) is 7.97. The van der Waals surface area contributed by atoms with E-state index >= 15 is 0 Å². The summed E-state index contributed by atoms with van der Waals surface area (Å²) >= 11 is 0. The molecule has 0 aromatic rings. The van der Waals surface area contributed by atoms with Gasteiger partial charge in [0.05, 0.1) is 12.1 Å². The van der Waals surface area contributed by atoms with Crippen molar-refractivity contribution in [1.82, 2.24) is 10.2 Å². The van der Waals surface area contributed by atoms with Crippen molar-refractivity contribution < 1.29 is 9.47 Å². The maximum absolute atomic E-state index is 5.55. The molecule has 3 heterocycles. The van der Waals surface area contributed by atoms with Gasteiger partial charge in [0.2, 0.25) is 0 Å². The summed E-state index contributed by atoms with van der Waals surface area (Å²) < 4.78 is 10.6. The Morgan fingerprint density at radius 2 is 1.86 bits per heavy atom. The minimum atomic E-state index is 0.258. The topological polar surface area (TPSA) is 33.7 Å². The third-order valence-electron chi connectivity index (χ3n) is 6.37. The second-order valence-electron chi connectivity index (χ2n) is 8.57. The summed E-state index contributed by atoms with van der Waals surface area (Å²) in [5.74, 6) is 2.33. The molecular formula is C25H52N2O2. The summed E-state index contributed by atoms with van der Waals surface area (Å²) in [5, 5.41) is 3.54. The van der Waals surface area contributed by atoms with Gasteiger partial charge in [0, 0.05) is 32.9 Å². The molecule has 0 aliphatic carbocycles. The second kappa shape index (κ2) is 15.4. The standard InChI is InChI=1S/C11H19NO.C10H21NO.2C2H6/c1-9(2)10-4-6-12(3)11(10)5-7-13-8-11;1-8(2)9-4-6-11-10(9)5-7-12-3;2*1-2/h4,9H,5-8H2,1-3H3;8-11H,4-7H2,1-3H3;2*1-2H3. The van der Waals surface area contributed by atoms with E-state index in [1.54, 1.807) is 12.7 Å². The SMILES string of the molecule is CC.CC.CC(C)C1=CCN(C)C12CCOC2.COCCC1NCCC1C(C)C. The van der Waals surface area contributed by atoms with E-state index in [-0.39, 0.29) is 5.54 Å². The van der Waals surface area contributed by atoms with Crippen LogP contribution in [-0.2, 0) is 9.47 Å². The molecule has 0 aromatic carbocycles. The van der Waals surface area contributed by atoms with Crippen molar-refractivity contribution in [3.63, 3.8) is 0 Å². The van der Waals surface area contributed by atoms with E-state index in [4.69, 9.17) is 9.47 Å². The van der Waals surface area contributed by atoms with Gasteiger partial charge in [-0.05, 0) is 56.2 Å². The Bertz CT molecular complexity index is 429. The molecule has 174 valence electrons. The molecule has 3 unspecified atom stereocenters. The van der Waals surface area contributed by atoms with Gasteiger partial charge < -0.3 is 14.8 Å². The molecule has 0 radical (unpaired) electrons. The minimum absolute atomic E-state index is 0.258. The summed E-state index contributed by atoms with van der Waals surface area (Å²) in [6.45, 7) is 22.2. The van der Waals surface area contributed by atoms with E-state index in [9.17, 15) is 0 Å². The fraction of sp³-hybridized carbons (Fsp3) is 0.920. The van der Waals surface area contributed by atoms with E-state index in [2.05, 4.69) is 51.0 Å². The molecule has 2 fully saturated rings. The van der Waals surface area contributed by atoms with E-state index < -0.39 is 0 Å². The fourth-order valence-corrected chi connectivity index (χ4v) is 4.82. The molecule has 3 atom stereocenters. The molecule has 29 heavy (non-hydrogen) atoms. The van der Waals surface area contributed by atoms with Crippen LogP contribution in [0, 0.1) is 17.8 Å². The summed E-state index contributed by atoms with van der Waals surface area (Å²) in [6, 6.07) is 0.699. The Morgan fingerprint density at radius 1 is 1.21 bits per heavy atom. The number of ether oxygens (including phenoxy) is 2. The van der Waals surface area contributed by atoms with Gasteiger partial charge in [0.25, 0.3) is 0 Å². The summed E-state index contributed by atoms with van der Waals surface area (Å²) in [6.07, 6.45) is 6.07. The minimum Gasteiger partial charge on any atom is -0.385 e. The van der Waals surface area contributed by atoms with Crippen LogP contribution in [0.15, 0.2) is 11.6 Å². The average Bonchev–Trinajstić information content (AvgIpc) is 3.46. The van der Waals surface area contributed by atoms with Crippen LogP contribution < -0.4 is 5.32 Å². The van der Waals surface area contributed by atoms with Crippen molar-refractivity contribution >= 4 is 0 Å². The lowest BCUT2D eigenvalue weighted by Crippen LogP contribution is -2.45. The molecule has 3 aliphatic heterocycles. The molecule has 2 saturated heterocycles. The zero-order chi connectivity index (χ0) is 22.4. The van der Waals surface area contributed by atoms with Crippen LogP contribution in [0.3, 0.4) is 0 Å². The molecule has 1 N–H and O–H groups in total. The monoisotopic (exact) mass is 412 g/mol. The maximum Gasteiger partial charge on any atom is 0.0690 e. The molecule has 3 rings (SSSR count). The number of nitrogens with one attached hydrogen (secondary N) is 1. The Balaban J connectivity index is 0.000000463. The van der Waals surface area contributed by atoms with Crippen molar-refractivity contribution in [3.8, 4) is 0 Å². The Hall–Kier alpha value is -0.420. The van der Waals surface area contributed by atoms with E-state index in [0.29, 0.717) is 12.0 Å². The third-order valence-corrected chi connectivity index (χ3v) is 6.37. The Morgan fingerprint density at radius 3 is 2.34 bits per heavy atom. The van der Waals surface area contributed by atoms with Gasteiger partial charge in [0.15, 0.2) is 0 Å². The molecule has 0 amide bonds. The van der Waals surface area contributed by atoms with E-state index in [1.807, 2.05) is 27.7 Å². The molecule has 0 bridgehead atoms. The highest BCUT2D eigenvalue weighted by atomic mass is 16.5. The summed E-state index contributed by atoms with van der Waals surface area (Å²) in [5.41, 5.74) is 1.85. The molecular weight excluding hydrogens is 360 g/mol. The first kappa shape index (κ1) is 28.6. The molecule has 0 saturated carbocycles. The van der Waals surface area contributed by atoms with Gasteiger partial charge in [-0.25, -0.2) is 0 Å². The van der Waals surface area contributed by atoms with Crippen LogP contribution in [-0.4, -0.2) is 63.5 Å². The zero-order valence-corrected chi connectivity index (χ0v) is 21.3. The van der Waals surface area contributed by atoms with Crippen LogP contribution in [0.1, 0.15) is 74.7 Å². The van der Waals surface area contributed by atoms with Gasteiger partial charge in [-0.2, -0.15) is 0 Å². The Labute approximate surface area is 182 Å². The molecule has 3 aliphatic rings. The lowest BCUT2D eigenvalue weighted by molar-refractivity contribution is 0.128. The fourth-order valence-electron chi connectivity index (χ4n) is 4.82. The number of hydrogen-bond acceptors (Lipinski definition) is 4. The molecule has 4 heteroatoms. The summed E-state index contributed by atoms with van der Waals surface area (Å²) in [4.78, 5) is 2.44. The highest BCUT2D eigenvalue weighted by molar-refractivity contribution is 5.29. The van der Waals surface area contributed by atoms with Crippen molar-refractivity contribution in [2.45, 2.75) is 86.2 Å². The second-order valence-corrected chi connectivity index (χ2v) is 8.57. The van der Waals surface area contributed by atoms with Gasteiger partial charge in [-0.3, -0.25) is 4.90 Å². The van der Waals surface area contributed by atoms with Crippen LogP contribution in [0.4, 0.5) is 0 Å². The predicted octanol–water partition coefficient (Wildman–Crippen LogP) is 5.38. The van der Waals surface area contributed by atoms with Crippen LogP contribution in [0.2, 0.25) is 0 Å². The smallest absolute Gasteiger partial charge is 0.0690 e. The van der Waals surface area contributed by atoms with Crippen LogP contribution in [0.25, 0.3) is 0 Å². The summed E-state index contributed by atoms with van der Waals surface area (Å²) in [7, 11) is 3.99.